The van der Waals surface area contributed by atoms with E-state index in [0.29, 0.717) is 32.7 Å². The first-order valence-corrected chi connectivity index (χ1v) is 8.93. The molecule has 0 spiro atoms. The van der Waals surface area contributed by atoms with Crippen LogP contribution in [0.15, 0.2) is 36.4 Å². The normalized spacial score (nSPS) is 12.2. The van der Waals surface area contributed by atoms with Gasteiger partial charge in [0.25, 0.3) is 5.91 Å². The number of phenolic OH excluding ortho intramolecular Hbond substituents is 1. The summed E-state index contributed by atoms with van der Waals surface area (Å²) in [5.41, 5.74) is 2.15. The highest BCUT2D eigenvalue weighted by Crippen LogP contribution is 2.35. The molecule has 1 N–H and O–H groups in total. The van der Waals surface area contributed by atoms with Crippen molar-refractivity contribution in [3.05, 3.63) is 63.3 Å². The third-order valence-corrected chi connectivity index (χ3v) is 5.33. The number of aromatic hydroxyl groups is 1. The topological polar surface area (TPSA) is 68.5 Å². The van der Waals surface area contributed by atoms with Crippen molar-refractivity contribution in [3.8, 4) is 5.75 Å². The SMILES string of the molecule is COC(=O)C(C)c1c(C)n(C(=O)c2ccc(Cl)c(Cl)c2)c2ccc(O)cc12. The number of nitrogens with zero attached hydrogens (tertiary/aromatic N) is 1. The van der Waals surface area contributed by atoms with Crippen molar-refractivity contribution in [2.45, 2.75) is 19.8 Å². The molecule has 1 atom stereocenters. The number of benzene rings is 2. The quantitative estimate of drug-likeness (QED) is 0.627. The van der Waals surface area contributed by atoms with Crippen LogP contribution in [0.5, 0.6) is 5.75 Å². The van der Waals surface area contributed by atoms with Crippen molar-refractivity contribution < 1.29 is 19.4 Å². The number of fused-ring (bicyclic) bond motifs is 1. The molecule has 0 aliphatic carbocycles. The zero-order chi connectivity index (χ0) is 19.9. The second kappa shape index (κ2) is 7.25. The molecule has 5 nitrogen and oxygen atoms in total. The molecule has 0 radical (unpaired) electrons. The number of methoxy groups -OCH3 is 1. The summed E-state index contributed by atoms with van der Waals surface area (Å²) in [6.45, 7) is 3.45. The summed E-state index contributed by atoms with van der Waals surface area (Å²) in [7, 11) is 1.31. The van der Waals surface area contributed by atoms with E-state index in [2.05, 4.69) is 0 Å². The van der Waals surface area contributed by atoms with Crippen LogP contribution < -0.4 is 0 Å². The molecule has 0 bridgehead atoms. The summed E-state index contributed by atoms with van der Waals surface area (Å²) in [6.07, 6.45) is 0. The lowest BCUT2D eigenvalue weighted by Crippen LogP contribution is -2.16. The fourth-order valence-corrected chi connectivity index (χ4v) is 3.59. The minimum atomic E-state index is -0.609. The van der Waals surface area contributed by atoms with Gasteiger partial charge in [0, 0.05) is 16.6 Å². The Bertz CT molecular complexity index is 1070. The van der Waals surface area contributed by atoms with Crippen LogP contribution in [0.1, 0.15) is 34.5 Å². The van der Waals surface area contributed by atoms with Crippen LogP contribution in [0.4, 0.5) is 0 Å². The number of hydrogen-bond acceptors (Lipinski definition) is 4. The fraction of sp³-hybridized carbons (Fsp3) is 0.200. The van der Waals surface area contributed by atoms with Gasteiger partial charge in [0.2, 0.25) is 0 Å². The van der Waals surface area contributed by atoms with Gasteiger partial charge in [-0.25, -0.2) is 0 Å². The van der Waals surface area contributed by atoms with Crippen LogP contribution in [0.25, 0.3) is 10.9 Å². The Balaban J connectivity index is 2.27. The first-order chi connectivity index (χ1) is 12.8. The van der Waals surface area contributed by atoms with Gasteiger partial charge in [0.1, 0.15) is 5.75 Å². The first kappa shape index (κ1) is 19.3. The maximum atomic E-state index is 13.2. The van der Waals surface area contributed by atoms with E-state index in [-0.39, 0.29) is 16.7 Å². The molecule has 1 heterocycles. The van der Waals surface area contributed by atoms with E-state index >= 15 is 0 Å². The predicted octanol–water partition coefficient (Wildman–Crippen LogP) is 4.93. The zero-order valence-corrected chi connectivity index (χ0v) is 16.4. The predicted molar refractivity (Wildman–Crippen MR) is 105 cm³/mol. The Hall–Kier alpha value is -2.50. The Morgan fingerprint density at radius 1 is 1.11 bits per heavy atom. The molecular weight excluding hydrogens is 389 g/mol. The summed E-state index contributed by atoms with van der Waals surface area (Å²) in [5, 5.41) is 11.2. The molecule has 27 heavy (non-hydrogen) atoms. The number of aromatic nitrogens is 1. The van der Waals surface area contributed by atoms with Crippen LogP contribution in [-0.4, -0.2) is 28.7 Å². The zero-order valence-electron chi connectivity index (χ0n) is 14.9. The molecule has 0 aliphatic rings. The monoisotopic (exact) mass is 405 g/mol. The van der Waals surface area contributed by atoms with Gasteiger partial charge in [-0.1, -0.05) is 23.2 Å². The van der Waals surface area contributed by atoms with Crippen LogP contribution in [0.3, 0.4) is 0 Å². The molecule has 2 aromatic carbocycles. The maximum absolute atomic E-state index is 13.2. The third kappa shape index (κ3) is 3.29. The number of carbonyl (C=O) groups excluding carboxylic acids is 2. The Labute approximate surface area is 166 Å². The summed E-state index contributed by atoms with van der Waals surface area (Å²) < 4.78 is 6.36. The fourth-order valence-electron chi connectivity index (χ4n) is 3.29. The molecule has 140 valence electrons. The minimum Gasteiger partial charge on any atom is -0.508 e. The van der Waals surface area contributed by atoms with Gasteiger partial charge >= 0.3 is 5.97 Å². The third-order valence-electron chi connectivity index (χ3n) is 4.59. The molecular formula is C20H17Cl2NO4. The summed E-state index contributed by atoms with van der Waals surface area (Å²) in [6, 6.07) is 9.32. The molecule has 0 saturated heterocycles. The van der Waals surface area contributed by atoms with Gasteiger partial charge in [-0.05, 0) is 55.8 Å². The van der Waals surface area contributed by atoms with E-state index in [1.807, 2.05) is 0 Å². The van der Waals surface area contributed by atoms with Crippen molar-refractivity contribution in [1.82, 2.24) is 4.57 Å². The summed E-state index contributed by atoms with van der Waals surface area (Å²) >= 11 is 12.0. The molecule has 0 amide bonds. The number of carbonyl (C=O) groups is 2. The van der Waals surface area contributed by atoms with Gasteiger partial charge in [-0.15, -0.1) is 0 Å². The largest absolute Gasteiger partial charge is 0.508 e. The number of hydrogen-bond donors (Lipinski definition) is 1. The molecule has 0 fully saturated rings. The second-order valence-electron chi connectivity index (χ2n) is 6.21. The number of phenols is 1. The minimum absolute atomic E-state index is 0.0416. The average Bonchev–Trinajstić information content (AvgIpc) is 2.93. The van der Waals surface area contributed by atoms with Crippen LogP contribution in [0.2, 0.25) is 10.0 Å². The lowest BCUT2D eigenvalue weighted by molar-refractivity contribution is -0.141. The number of ether oxygens (including phenoxy) is 1. The number of esters is 1. The average molecular weight is 406 g/mol. The molecule has 1 unspecified atom stereocenters. The van der Waals surface area contributed by atoms with Gasteiger partial charge in [-0.3, -0.25) is 14.2 Å². The molecule has 3 aromatic rings. The van der Waals surface area contributed by atoms with Gasteiger partial charge in [-0.2, -0.15) is 0 Å². The lowest BCUT2D eigenvalue weighted by atomic mass is 9.98. The highest BCUT2D eigenvalue weighted by atomic mass is 35.5. The van der Waals surface area contributed by atoms with Crippen molar-refractivity contribution >= 4 is 46.0 Å². The molecule has 0 saturated carbocycles. The molecule has 7 heteroatoms. The highest BCUT2D eigenvalue weighted by Gasteiger charge is 2.27. The molecule has 1 aromatic heterocycles. The Morgan fingerprint density at radius 3 is 2.44 bits per heavy atom. The summed E-state index contributed by atoms with van der Waals surface area (Å²) in [4.78, 5) is 25.3. The van der Waals surface area contributed by atoms with Crippen LogP contribution in [-0.2, 0) is 9.53 Å². The standard InChI is InChI=1S/C20H17Cl2NO4/c1-10(20(26)27-3)18-11(2)23(17-7-5-13(24)9-14(17)18)19(25)12-4-6-15(21)16(22)8-12/h4-10,24H,1-3H3. The highest BCUT2D eigenvalue weighted by molar-refractivity contribution is 6.42. The van der Waals surface area contributed by atoms with Crippen molar-refractivity contribution in [2.24, 2.45) is 0 Å². The molecule has 3 rings (SSSR count). The van der Waals surface area contributed by atoms with E-state index in [4.69, 9.17) is 27.9 Å². The molecule has 0 aliphatic heterocycles. The van der Waals surface area contributed by atoms with Crippen molar-refractivity contribution in [2.75, 3.05) is 7.11 Å². The smallest absolute Gasteiger partial charge is 0.312 e. The number of halogens is 2. The first-order valence-electron chi connectivity index (χ1n) is 8.17. The Kier molecular flexibility index (Phi) is 5.18. The van der Waals surface area contributed by atoms with E-state index in [0.717, 1.165) is 0 Å². The maximum Gasteiger partial charge on any atom is 0.312 e. The van der Waals surface area contributed by atoms with E-state index in [1.165, 1.54) is 29.9 Å². The van der Waals surface area contributed by atoms with Crippen LogP contribution in [0, 0.1) is 6.92 Å². The van der Waals surface area contributed by atoms with Crippen molar-refractivity contribution in [1.29, 1.82) is 0 Å². The van der Waals surface area contributed by atoms with Gasteiger partial charge in [0.05, 0.1) is 28.6 Å². The van der Waals surface area contributed by atoms with E-state index < -0.39 is 11.9 Å². The van der Waals surface area contributed by atoms with Gasteiger partial charge < -0.3 is 9.84 Å². The lowest BCUT2D eigenvalue weighted by Gasteiger charge is -2.11. The number of rotatable bonds is 3. The van der Waals surface area contributed by atoms with E-state index in [9.17, 15) is 14.7 Å². The van der Waals surface area contributed by atoms with Crippen molar-refractivity contribution in [3.63, 3.8) is 0 Å². The second-order valence-corrected chi connectivity index (χ2v) is 7.03. The van der Waals surface area contributed by atoms with Gasteiger partial charge in [0.15, 0.2) is 0 Å². The van der Waals surface area contributed by atoms with Crippen LogP contribution >= 0.6 is 23.2 Å². The van der Waals surface area contributed by atoms with E-state index in [1.54, 1.807) is 32.0 Å². The Morgan fingerprint density at radius 2 is 1.81 bits per heavy atom. The summed E-state index contributed by atoms with van der Waals surface area (Å²) in [5.74, 6) is -1.31.